The molecule has 0 spiro atoms. The minimum absolute atomic E-state index is 0.0709. The second kappa shape index (κ2) is 6.89. The Morgan fingerprint density at radius 1 is 1.32 bits per heavy atom. The van der Waals surface area contributed by atoms with E-state index in [1.54, 1.807) is 36.5 Å². The van der Waals surface area contributed by atoms with Crippen molar-refractivity contribution < 1.29 is 14.3 Å². The summed E-state index contributed by atoms with van der Waals surface area (Å²) in [4.78, 5) is 16.1. The zero-order valence-electron chi connectivity index (χ0n) is 11.5. The van der Waals surface area contributed by atoms with Gasteiger partial charge in [0.05, 0.1) is 5.02 Å². The first kappa shape index (κ1) is 15.0. The number of nitrogens with one attached hydrogen (secondary N) is 1. The molecular formula is C15H13ClN2O3S. The van der Waals surface area contributed by atoms with Crippen LogP contribution in [0.5, 0.6) is 11.5 Å². The summed E-state index contributed by atoms with van der Waals surface area (Å²) >= 11 is 7.47. The van der Waals surface area contributed by atoms with Crippen LogP contribution in [0.2, 0.25) is 5.02 Å². The van der Waals surface area contributed by atoms with E-state index in [-0.39, 0.29) is 12.7 Å². The Hall–Kier alpha value is -1.92. The molecule has 1 aliphatic rings. The molecular weight excluding hydrogens is 324 g/mol. The van der Waals surface area contributed by atoms with Crippen LogP contribution < -0.4 is 14.8 Å². The Bertz CT molecular complexity index is 696. The lowest BCUT2D eigenvalue weighted by atomic mass is 10.2. The molecule has 2 aromatic rings. The molecule has 1 aromatic heterocycles. The van der Waals surface area contributed by atoms with Gasteiger partial charge in [-0.25, -0.2) is 4.98 Å². The van der Waals surface area contributed by atoms with Crippen LogP contribution in [0, 0.1) is 0 Å². The molecule has 114 valence electrons. The number of halogens is 1. The van der Waals surface area contributed by atoms with Crippen molar-refractivity contribution in [1.82, 2.24) is 4.98 Å². The Labute approximate surface area is 137 Å². The molecule has 0 radical (unpaired) electrons. The molecule has 5 nitrogen and oxygen atoms in total. The smallest absolute Gasteiger partial charge is 0.231 e. The molecule has 2 heterocycles. The van der Waals surface area contributed by atoms with Gasteiger partial charge in [-0.2, -0.15) is 0 Å². The van der Waals surface area contributed by atoms with Crippen molar-refractivity contribution in [3.8, 4) is 11.5 Å². The van der Waals surface area contributed by atoms with Crippen molar-refractivity contribution in [2.24, 2.45) is 0 Å². The summed E-state index contributed by atoms with van der Waals surface area (Å²) in [5, 5.41) is 4.17. The first-order valence-electron chi connectivity index (χ1n) is 6.65. The molecule has 1 N–H and O–H groups in total. The number of nitrogens with zero attached hydrogens (tertiary/aromatic N) is 1. The zero-order valence-corrected chi connectivity index (χ0v) is 13.1. The summed E-state index contributed by atoms with van der Waals surface area (Å²) in [5.74, 6) is 1.87. The third-order valence-electron chi connectivity index (χ3n) is 2.95. The van der Waals surface area contributed by atoms with Gasteiger partial charge in [-0.1, -0.05) is 11.6 Å². The highest BCUT2D eigenvalue weighted by Gasteiger charge is 2.14. The van der Waals surface area contributed by atoms with Crippen LogP contribution in [0.25, 0.3) is 0 Å². The maximum atomic E-state index is 11.9. The number of anilines is 1. The predicted molar refractivity (Wildman–Crippen MR) is 85.8 cm³/mol. The number of thioether (sulfide) groups is 1. The first-order valence-corrected chi connectivity index (χ1v) is 8.01. The van der Waals surface area contributed by atoms with E-state index in [0.29, 0.717) is 34.4 Å². The van der Waals surface area contributed by atoms with E-state index < -0.39 is 0 Å². The second-order valence-corrected chi connectivity index (χ2v) is 6.00. The van der Waals surface area contributed by atoms with Crippen LogP contribution in [0.15, 0.2) is 41.6 Å². The van der Waals surface area contributed by atoms with Gasteiger partial charge in [0.15, 0.2) is 11.5 Å². The van der Waals surface area contributed by atoms with E-state index in [9.17, 15) is 4.79 Å². The van der Waals surface area contributed by atoms with Gasteiger partial charge >= 0.3 is 0 Å². The minimum Gasteiger partial charge on any atom is -0.454 e. The summed E-state index contributed by atoms with van der Waals surface area (Å²) in [6.07, 6.45) is 2.05. The molecule has 0 bridgehead atoms. The molecule has 1 aromatic carbocycles. The molecule has 7 heteroatoms. The molecule has 0 aliphatic carbocycles. The number of fused-ring (bicyclic) bond motifs is 1. The van der Waals surface area contributed by atoms with Gasteiger partial charge in [0.25, 0.3) is 0 Å². The van der Waals surface area contributed by atoms with E-state index >= 15 is 0 Å². The average Bonchev–Trinajstić information content (AvgIpc) is 2.97. The monoisotopic (exact) mass is 336 g/mol. The van der Waals surface area contributed by atoms with E-state index in [1.165, 1.54) is 11.8 Å². The third-order valence-corrected chi connectivity index (χ3v) is 4.37. The lowest BCUT2D eigenvalue weighted by molar-refractivity contribution is -0.115. The van der Waals surface area contributed by atoms with Gasteiger partial charge in [-0.05, 0) is 24.3 Å². The van der Waals surface area contributed by atoms with Crippen molar-refractivity contribution in [1.29, 1.82) is 0 Å². The number of benzene rings is 1. The van der Waals surface area contributed by atoms with E-state index in [1.807, 2.05) is 0 Å². The Balaban J connectivity index is 1.49. The van der Waals surface area contributed by atoms with Gasteiger partial charge in [0, 0.05) is 30.1 Å². The highest BCUT2D eigenvalue weighted by molar-refractivity contribution is 7.99. The highest BCUT2D eigenvalue weighted by atomic mass is 35.5. The van der Waals surface area contributed by atoms with Crippen LogP contribution in [-0.4, -0.2) is 23.4 Å². The molecule has 22 heavy (non-hydrogen) atoms. The predicted octanol–water partition coefficient (Wildman–Crippen LogP) is 3.58. The first-order chi connectivity index (χ1) is 10.7. The zero-order chi connectivity index (χ0) is 15.4. The maximum absolute atomic E-state index is 11.9. The summed E-state index contributed by atoms with van der Waals surface area (Å²) < 4.78 is 10.5. The molecule has 0 saturated carbocycles. The molecule has 3 rings (SSSR count). The summed E-state index contributed by atoms with van der Waals surface area (Å²) in [5.41, 5.74) is 0.690. The van der Waals surface area contributed by atoms with Gasteiger partial charge in [0.2, 0.25) is 12.7 Å². The van der Waals surface area contributed by atoms with E-state index in [2.05, 4.69) is 10.3 Å². The number of amides is 1. The van der Waals surface area contributed by atoms with Gasteiger partial charge < -0.3 is 14.8 Å². The summed E-state index contributed by atoms with van der Waals surface area (Å²) in [7, 11) is 0. The molecule has 1 amide bonds. The number of rotatable bonds is 5. The van der Waals surface area contributed by atoms with Crippen molar-refractivity contribution >= 4 is 35.0 Å². The van der Waals surface area contributed by atoms with Crippen molar-refractivity contribution in [2.75, 3.05) is 17.9 Å². The molecule has 0 atom stereocenters. The van der Waals surface area contributed by atoms with Crippen molar-refractivity contribution in [2.45, 2.75) is 11.4 Å². The van der Waals surface area contributed by atoms with Gasteiger partial charge in [-0.3, -0.25) is 4.79 Å². The third kappa shape index (κ3) is 3.64. The van der Waals surface area contributed by atoms with Gasteiger partial charge in [0.1, 0.15) is 5.03 Å². The molecule has 0 fully saturated rings. The van der Waals surface area contributed by atoms with E-state index in [0.717, 1.165) is 5.03 Å². The standard InChI is InChI=1S/C15H13ClN2O3S/c16-11-2-1-6-17-15(11)22-7-5-14(19)18-10-3-4-12-13(8-10)21-9-20-12/h1-4,6,8H,5,7,9H2,(H,18,19). The number of carbonyl (C=O) groups is 1. The Morgan fingerprint density at radius 2 is 2.18 bits per heavy atom. The van der Waals surface area contributed by atoms with Crippen LogP contribution in [0.3, 0.4) is 0 Å². The average molecular weight is 337 g/mol. The van der Waals surface area contributed by atoms with Crippen molar-refractivity contribution in [3.05, 3.63) is 41.6 Å². The highest BCUT2D eigenvalue weighted by Crippen LogP contribution is 2.34. The SMILES string of the molecule is O=C(CCSc1ncccc1Cl)Nc1ccc2c(c1)OCO2. The molecule has 1 aliphatic heterocycles. The number of hydrogen-bond donors (Lipinski definition) is 1. The fourth-order valence-corrected chi connectivity index (χ4v) is 3.02. The van der Waals surface area contributed by atoms with E-state index in [4.69, 9.17) is 21.1 Å². The fraction of sp³-hybridized carbons (Fsp3) is 0.200. The normalized spacial score (nSPS) is 12.2. The number of hydrogen-bond acceptors (Lipinski definition) is 5. The lowest BCUT2D eigenvalue weighted by Gasteiger charge is -2.06. The minimum atomic E-state index is -0.0709. The second-order valence-electron chi connectivity index (χ2n) is 4.51. The van der Waals surface area contributed by atoms with Gasteiger partial charge in [-0.15, -0.1) is 11.8 Å². The topological polar surface area (TPSA) is 60.5 Å². The molecule has 0 saturated heterocycles. The lowest BCUT2D eigenvalue weighted by Crippen LogP contribution is -2.12. The quantitative estimate of drug-likeness (QED) is 0.845. The Morgan fingerprint density at radius 3 is 3.05 bits per heavy atom. The fourth-order valence-electron chi connectivity index (χ4n) is 1.92. The summed E-state index contributed by atoms with van der Waals surface area (Å²) in [6, 6.07) is 8.87. The van der Waals surface area contributed by atoms with Crippen LogP contribution in [0.1, 0.15) is 6.42 Å². The number of carbonyl (C=O) groups excluding carboxylic acids is 1. The number of aromatic nitrogens is 1. The Kier molecular flexibility index (Phi) is 4.70. The number of ether oxygens (including phenoxy) is 2. The van der Waals surface area contributed by atoms with Crippen LogP contribution >= 0.6 is 23.4 Å². The van der Waals surface area contributed by atoms with Crippen LogP contribution in [0.4, 0.5) is 5.69 Å². The maximum Gasteiger partial charge on any atom is 0.231 e. The summed E-state index contributed by atoms with van der Waals surface area (Å²) in [6.45, 7) is 0.216. The largest absolute Gasteiger partial charge is 0.454 e. The molecule has 0 unspecified atom stereocenters. The van der Waals surface area contributed by atoms with Crippen LogP contribution in [-0.2, 0) is 4.79 Å². The number of pyridine rings is 1. The van der Waals surface area contributed by atoms with Crippen molar-refractivity contribution in [3.63, 3.8) is 0 Å².